The summed E-state index contributed by atoms with van der Waals surface area (Å²) in [5.41, 5.74) is 0.649. The van der Waals surface area contributed by atoms with Crippen molar-refractivity contribution >= 4 is 34.2 Å². The molecule has 3 nitrogen and oxygen atoms in total. The maximum Gasteiger partial charge on any atom is 0.230 e. The Morgan fingerprint density at radius 2 is 2.35 bits per heavy atom. The summed E-state index contributed by atoms with van der Waals surface area (Å²) >= 11 is 2.00. The largest absolute Gasteiger partial charge is 0.378 e. The van der Waals surface area contributed by atoms with E-state index in [1.54, 1.807) is 6.07 Å². The van der Waals surface area contributed by atoms with Gasteiger partial charge in [0.05, 0.1) is 17.7 Å². The summed E-state index contributed by atoms with van der Waals surface area (Å²) in [5.74, 6) is -0.472. The van der Waals surface area contributed by atoms with Crippen LogP contribution in [0.1, 0.15) is 13.3 Å². The third-order valence-electron chi connectivity index (χ3n) is 2.90. The molecular weight excluding hydrogens is 336 g/mol. The van der Waals surface area contributed by atoms with Crippen molar-refractivity contribution < 1.29 is 13.9 Å². The lowest BCUT2D eigenvalue weighted by atomic mass is 10.0. The number of amides is 1. The second-order valence-corrected chi connectivity index (χ2v) is 5.25. The molecule has 17 heavy (non-hydrogen) atoms. The average Bonchev–Trinajstić information content (AvgIpc) is 2.68. The SMILES string of the molecule is CC1OCCC1C(=O)Nc1ccc(F)cc1I. The number of rotatable bonds is 2. The number of hydrogen-bond acceptors (Lipinski definition) is 2. The molecule has 0 radical (unpaired) electrons. The van der Waals surface area contributed by atoms with Gasteiger partial charge in [-0.2, -0.15) is 0 Å². The zero-order valence-corrected chi connectivity index (χ0v) is 11.5. The molecule has 1 heterocycles. The highest BCUT2D eigenvalue weighted by molar-refractivity contribution is 14.1. The van der Waals surface area contributed by atoms with Crippen molar-refractivity contribution in [1.29, 1.82) is 0 Å². The highest BCUT2D eigenvalue weighted by Gasteiger charge is 2.30. The summed E-state index contributed by atoms with van der Waals surface area (Å²) in [6.07, 6.45) is 0.693. The van der Waals surface area contributed by atoms with Crippen LogP contribution in [0.3, 0.4) is 0 Å². The zero-order valence-electron chi connectivity index (χ0n) is 9.37. The van der Waals surface area contributed by atoms with Crippen LogP contribution in [0.2, 0.25) is 0 Å². The average molecular weight is 349 g/mol. The molecule has 2 unspecified atom stereocenters. The molecule has 1 N–H and O–H groups in total. The van der Waals surface area contributed by atoms with Gasteiger partial charge in [-0.3, -0.25) is 4.79 Å². The Morgan fingerprint density at radius 3 is 2.94 bits per heavy atom. The van der Waals surface area contributed by atoms with Crippen LogP contribution < -0.4 is 5.32 Å². The van der Waals surface area contributed by atoms with Crippen LogP contribution in [-0.2, 0) is 9.53 Å². The summed E-state index contributed by atoms with van der Waals surface area (Å²) in [6.45, 7) is 2.52. The number of ether oxygens (including phenoxy) is 1. The summed E-state index contributed by atoms with van der Waals surface area (Å²) < 4.78 is 19.0. The fourth-order valence-corrected chi connectivity index (χ4v) is 2.50. The molecule has 1 aromatic carbocycles. The second kappa shape index (κ2) is 5.30. The van der Waals surface area contributed by atoms with Crippen molar-refractivity contribution in [1.82, 2.24) is 0 Å². The predicted molar refractivity (Wildman–Crippen MR) is 71.3 cm³/mol. The maximum absolute atomic E-state index is 12.9. The fraction of sp³-hybridized carbons (Fsp3) is 0.417. The Bertz CT molecular complexity index is 439. The Hall–Kier alpha value is -0.690. The van der Waals surface area contributed by atoms with Gasteiger partial charge in [-0.15, -0.1) is 0 Å². The Kier molecular flexibility index (Phi) is 3.98. The van der Waals surface area contributed by atoms with Gasteiger partial charge in [0.2, 0.25) is 5.91 Å². The van der Waals surface area contributed by atoms with Gasteiger partial charge >= 0.3 is 0 Å². The number of nitrogens with one attached hydrogen (secondary N) is 1. The van der Waals surface area contributed by atoms with Crippen molar-refractivity contribution in [3.8, 4) is 0 Å². The van der Waals surface area contributed by atoms with Gasteiger partial charge in [0.15, 0.2) is 0 Å². The van der Waals surface area contributed by atoms with Crippen molar-refractivity contribution in [2.45, 2.75) is 19.4 Å². The predicted octanol–water partition coefficient (Wildman–Crippen LogP) is 2.79. The number of benzene rings is 1. The molecule has 0 bridgehead atoms. The zero-order chi connectivity index (χ0) is 12.4. The molecule has 0 aromatic heterocycles. The van der Waals surface area contributed by atoms with Crippen LogP contribution in [0.4, 0.5) is 10.1 Å². The Labute approximate surface area is 113 Å². The molecule has 1 aromatic rings. The summed E-state index contributed by atoms with van der Waals surface area (Å²) in [6, 6.07) is 4.31. The van der Waals surface area contributed by atoms with Gasteiger partial charge in [0, 0.05) is 10.2 Å². The Morgan fingerprint density at radius 1 is 1.59 bits per heavy atom. The van der Waals surface area contributed by atoms with Crippen molar-refractivity contribution in [2.75, 3.05) is 11.9 Å². The number of halogens is 2. The number of hydrogen-bond donors (Lipinski definition) is 1. The molecule has 1 saturated heterocycles. The van der Waals surface area contributed by atoms with Crippen LogP contribution in [0.25, 0.3) is 0 Å². The highest BCUT2D eigenvalue weighted by Crippen LogP contribution is 2.24. The number of anilines is 1. The van der Waals surface area contributed by atoms with Gasteiger partial charge in [-0.05, 0) is 54.1 Å². The fourth-order valence-electron chi connectivity index (χ4n) is 1.89. The van der Waals surface area contributed by atoms with Crippen LogP contribution in [0, 0.1) is 15.3 Å². The molecule has 0 aliphatic carbocycles. The van der Waals surface area contributed by atoms with Gasteiger partial charge in [0.25, 0.3) is 0 Å². The number of carbonyl (C=O) groups is 1. The quantitative estimate of drug-likeness (QED) is 0.834. The first-order valence-corrected chi connectivity index (χ1v) is 6.53. The van der Waals surface area contributed by atoms with E-state index in [2.05, 4.69) is 5.32 Å². The molecule has 1 amide bonds. The normalized spacial score (nSPS) is 23.7. The van der Waals surface area contributed by atoms with E-state index >= 15 is 0 Å². The topological polar surface area (TPSA) is 38.3 Å². The molecule has 1 fully saturated rings. The van der Waals surface area contributed by atoms with E-state index in [1.807, 2.05) is 29.5 Å². The van der Waals surface area contributed by atoms with Gasteiger partial charge in [0.1, 0.15) is 5.82 Å². The minimum absolute atomic E-state index is 0.0480. The first-order valence-electron chi connectivity index (χ1n) is 5.45. The Balaban J connectivity index is 2.07. The van der Waals surface area contributed by atoms with Crippen LogP contribution >= 0.6 is 22.6 Å². The van der Waals surface area contributed by atoms with E-state index in [0.717, 1.165) is 6.42 Å². The molecular formula is C12H13FINO2. The number of carbonyl (C=O) groups excluding carboxylic acids is 1. The van der Waals surface area contributed by atoms with E-state index in [1.165, 1.54) is 12.1 Å². The summed E-state index contributed by atoms with van der Waals surface area (Å²) in [7, 11) is 0. The van der Waals surface area contributed by atoms with Crippen molar-refractivity contribution in [2.24, 2.45) is 5.92 Å². The molecule has 0 spiro atoms. The molecule has 5 heteroatoms. The minimum atomic E-state index is -0.301. The lowest BCUT2D eigenvalue weighted by Crippen LogP contribution is -2.28. The van der Waals surface area contributed by atoms with Crippen molar-refractivity contribution in [3.63, 3.8) is 0 Å². The molecule has 92 valence electrons. The second-order valence-electron chi connectivity index (χ2n) is 4.08. The van der Waals surface area contributed by atoms with E-state index < -0.39 is 0 Å². The molecule has 2 rings (SSSR count). The van der Waals surface area contributed by atoms with Crippen LogP contribution in [0.5, 0.6) is 0 Å². The van der Waals surface area contributed by atoms with E-state index in [9.17, 15) is 9.18 Å². The summed E-state index contributed by atoms with van der Waals surface area (Å²) in [5, 5.41) is 2.82. The van der Waals surface area contributed by atoms with Crippen LogP contribution in [-0.4, -0.2) is 18.6 Å². The molecule has 0 saturated carbocycles. The minimum Gasteiger partial charge on any atom is -0.378 e. The highest BCUT2D eigenvalue weighted by atomic mass is 127. The maximum atomic E-state index is 12.9. The summed E-state index contributed by atoms with van der Waals surface area (Å²) in [4.78, 5) is 12.0. The first kappa shape index (κ1) is 12.8. The van der Waals surface area contributed by atoms with Gasteiger partial charge in [-0.25, -0.2) is 4.39 Å². The third-order valence-corrected chi connectivity index (χ3v) is 3.79. The first-order chi connectivity index (χ1) is 8.08. The van der Waals surface area contributed by atoms with E-state index in [0.29, 0.717) is 15.9 Å². The monoisotopic (exact) mass is 349 g/mol. The standard InChI is InChI=1S/C12H13FINO2/c1-7-9(4-5-17-7)12(16)15-11-3-2-8(13)6-10(11)14/h2-3,6-7,9H,4-5H2,1H3,(H,15,16). The molecule has 2 atom stereocenters. The van der Waals surface area contributed by atoms with Crippen molar-refractivity contribution in [3.05, 3.63) is 27.6 Å². The van der Waals surface area contributed by atoms with Crippen LogP contribution in [0.15, 0.2) is 18.2 Å². The molecule has 1 aliphatic rings. The van der Waals surface area contributed by atoms with E-state index in [-0.39, 0.29) is 23.7 Å². The van der Waals surface area contributed by atoms with E-state index in [4.69, 9.17) is 4.74 Å². The van der Waals surface area contributed by atoms with Gasteiger partial charge < -0.3 is 10.1 Å². The molecule has 1 aliphatic heterocycles. The smallest absolute Gasteiger partial charge is 0.230 e. The van der Waals surface area contributed by atoms with Gasteiger partial charge in [-0.1, -0.05) is 0 Å². The lowest BCUT2D eigenvalue weighted by Gasteiger charge is -2.14. The lowest BCUT2D eigenvalue weighted by molar-refractivity contribution is -0.121. The third kappa shape index (κ3) is 2.95.